The highest BCUT2D eigenvalue weighted by atomic mass is 32.2. The predicted octanol–water partition coefficient (Wildman–Crippen LogP) is 3.61. The van der Waals surface area contributed by atoms with Gasteiger partial charge in [0.05, 0.1) is 7.11 Å². The number of carbonyl (C=O) groups is 2. The summed E-state index contributed by atoms with van der Waals surface area (Å²) in [4.78, 5) is 29.3. The molecule has 1 heterocycles. The van der Waals surface area contributed by atoms with Crippen LogP contribution in [-0.4, -0.2) is 60.7 Å². The van der Waals surface area contributed by atoms with Crippen molar-refractivity contribution in [3.8, 4) is 5.75 Å². The minimum absolute atomic E-state index is 0.0398. The zero-order valence-corrected chi connectivity index (χ0v) is 17.5. The fraction of sp³-hybridized carbons (Fsp3) is 0.364. The van der Waals surface area contributed by atoms with Crippen LogP contribution in [0.3, 0.4) is 0 Å². The van der Waals surface area contributed by atoms with Crippen LogP contribution in [0, 0.1) is 12.7 Å². The molecule has 0 aliphatic carbocycles. The van der Waals surface area contributed by atoms with Gasteiger partial charge in [-0.3, -0.25) is 9.59 Å². The van der Waals surface area contributed by atoms with E-state index in [9.17, 15) is 14.0 Å². The summed E-state index contributed by atoms with van der Waals surface area (Å²) in [5, 5.41) is 0. The fourth-order valence-corrected chi connectivity index (χ4v) is 4.14. The highest BCUT2D eigenvalue weighted by molar-refractivity contribution is 7.99. The summed E-state index contributed by atoms with van der Waals surface area (Å²) in [6, 6.07) is 12.0. The molecule has 0 N–H and O–H groups in total. The summed E-state index contributed by atoms with van der Waals surface area (Å²) in [5.41, 5.74) is 1.57. The predicted molar refractivity (Wildman–Crippen MR) is 112 cm³/mol. The SMILES string of the molecule is COc1cc(C(=O)N2CCN(C(=O)CCSc3ccccc3F)CC2)ccc1C. The van der Waals surface area contributed by atoms with E-state index in [2.05, 4.69) is 0 Å². The Morgan fingerprint density at radius 3 is 2.45 bits per heavy atom. The molecular weight excluding hydrogens is 391 g/mol. The van der Waals surface area contributed by atoms with Crippen molar-refractivity contribution in [1.82, 2.24) is 9.80 Å². The Hall–Kier alpha value is -2.54. The Balaban J connectivity index is 1.47. The van der Waals surface area contributed by atoms with Crippen molar-refractivity contribution in [3.63, 3.8) is 0 Å². The number of halogens is 1. The molecule has 1 saturated heterocycles. The second-order valence-electron chi connectivity index (χ2n) is 6.89. The molecular formula is C22H25FN2O3S. The van der Waals surface area contributed by atoms with Gasteiger partial charge in [0, 0.05) is 48.8 Å². The van der Waals surface area contributed by atoms with E-state index in [0.717, 1.165) is 5.56 Å². The molecule has 0 aromatic heterocycles. The van der Waals surface area contributed by atoms with Gasteiger partial charge in [0.1, 0.15) is 11.6 Å². The van der Waals surface area contributed by atoms with Gasteiger partial charge in [0.25, 0.3) is 5.91 Å². The number of hydrogen-bond acceptors (Lipinski definition) is 4. The van der Waals surface area contributed by atoms with Crippen molar-refractivity contribution in [2.45, 2.75) is 18.2 Å². The molecule has 0 bridgehead atoms. The minimum atomic E-state index is -0.259. The molecule has 0 atom stereocenters. The molecule has 3 rings (SSSR count). The number of hydrogen-bond donors (Lipinski definition) is 0. The molecule has 154 valence electrons. The Labute approximate surface area is 174 Å². The topological polar surface area (TPSA) is 49.9 Å². The number of aryl methyl sites for hydroxylation is 1. The first-order valence-corrected chi connectivity index (χ1v) is 10.6. The number of piperazine rings is 1. The molecule has 1 fully saturated rings. The first-order chi connectivity index (χ1) is 14.0. The molecule has 1 aliphatic heterocycles. The van der Waals surface area contributed by atoms with E-state index in [-0.39, 0.29) is 17.6 Å². The third kappa shape index (κ3) is 5.29. The summed E-state index contributed by atoms with van der Waals surface area (Å²) in [7, 11) is 1.59. The molecule has 0 unspecified atom stereocenters. The van der Waals surface area contributed by atoms with Gasteiger partial charge in [-0.25, -0.2) is 4.39 Å². The number of benzene rings is 2. The number of ether oxygens (including phenoxy) is 1. The van der Waals surface area contributed by atoms with Gasteiger partial charge >= 0.3 is 0 Å². The first-order valence-electron chi connectivity index (χ1n) is 9.58. The van der Waals surface area contributed by atoms with Crippen molar-refractivity contribution in [3.05, 3.63) is 59.4 Å². The third-order valence-corrected chi connectivity index (χ3v) is 6.04. The average Bonchev–Trinajstić information content (AvgIpc) is 2.75. The quantitative estimate of drug-likeness (QED) is 0.675. The summed E-state index contributed by atoms with van der Waals surface area (Å²) in [6.45, 7) is 3.96. The summed E-state index contributed by atoms with van der Waals surface area (Å²) >= 11 is 1.35. The van der Waals surface area contributed by atoms with E-state index in [0.29, 0.717) is 54.6 Å². The van der Waals surface area contributed by atoms with Crippen LogP contribution in [0.2, 0.25) is 0 Å². The van der Waals surface area contributed by atoms with E-state index < -0.39 is 0 Å². The van der Waals surface area contributed by atoms with Crippen molar-refractivity contribution in [2.24, 2.45) is 0 Å². The molecule has 2 aromatic carbocycles. The smallest absolute Gasteiger partial charge is 0.254 e. The third-order valence-electron chi connectivity index (χ3n) is 4.98. The Morgan fingerprint density at radius 1 is 1.07 bits per heavy atom. The van der Waals surface area contributed by atoms with Gasteiger partial charge in [0.2, 0.25) is 5.91 Å². The minimum Gasteiger partial charge on any atom is -0.496 e. The molecule has 2 amide bonds. The lowest BCUT2D eigenvalue weighted by Gasteiger charge is -2.35. The number of thioether (sulfide) groups is 1. The van der Waals surface area contributed by atoms with Gasteiger partial charge in [0.15, 0.2) is 0 Å². The highest BCUT2D eigenvalue weighted by Gasteiger charge is 2.25. The van der Waals surface area contributed by atoms with Crippen molar-refractivity contribution in [1.29, 1.82) is 0 Å². The van der Waals surface area contributed by atoms with Crippen molar-refractivity contribution < 1.29 is 18.7 Å². The number of rotatable bonds is 6. The largest absolute Gasteiger partial charge is 0.496 e. The number of carbonyl (C=O) groups excluding carboxylic acids is 2. The molecule has 2 aromatic rings. The Kier molecular flexibility index (Phi) is 7.14. The summed E-state index contributed by atoms with van der Waals surface area (Å²) in [5.74, 6) is 0.951. The van der Waals surface area contributed by atoms with Crippen LogP contribution in [0.25, 0.3) is 0 Å². The molecule has 5 nitrogen and oxygen atoms in total. The zero-order chi connectivity index (χ0) is 20.8. The van der Waals surface area contributed by atoms with Crippen molar-refractivity contribution >= 4 is 23.6 Å². The van der Waals surface area contributed by atoms with Crippen molar-refractivity contribution in [2.75, 3.05) is 39.0 Å². The second-order valence-corrected chi connectivity index (χ2v) is 8.02. The molecule has 0 spiro atoms. The lowest BCUT2D eigenvalue weighted by molar-refractivity contribution is -0.132. The monoisotopic (exact) mass is 416 g/mol. The lowest BCUT2D eigenvalue weighted by Crippen LogP contribution is -2.50. The summed E-state index contributed by atoms with van der Waals surface area (Å²) in [6.07, 6.45) is 0.349. The molecule has 1 aliphatic rings. The maximum Gasteiger partial charge on any atom is 0.254 e. The van der Waals surface area contributed by atoms with Gasteiger partial charge in [-0.1, -0.05) is 18.2 Å². The number of methoxy groups -OCH3 is 1. The van der Waals surface area contributed by atoms with Gasteiger partial charge in [-0.15, -0.1) is 11.8 Å². The molecule has 7 heteroatoms. The van der Waals surface area contributed by atoms with Crippen LogP contribution < -0.4 is 4.74 Å². The van der Waals surface area contributed by atoms with E-state index in [4.69, 9.17) is 4.74 Å². The normalized spacial score (nSPS) is 14.0. The standard InChI is InChI=1S/C22H25FN2O3S/c1-16-7-8-17(15-19(16)28-2)22(27)25-12-10-24(11-13-25)21(26)9-14-29-20-6-4-3-5-18(20)23/h3-8,15H,9-14H2,1-2H3. The summed E-state index contributed by atoms with van der Waals surface area (Å²) < 4.78 is 18.9. The van der Waals surface area contributed by atoms with E-state index >= 15 is 0 Å². The van der Waals surface area contributed by atoms with Crippen LogP contribution in [0.1, 0.15) is 22.3 Å². The zero-order valence-electron chi connectivity index (χ0n) is 16.7. The van der Waals surface area contributed by atoms with E-state index in [1.165, 1.54) is 17.8 Å². The molecule has 0 radical (unpaired) electrons. The lowest BCUT2D eigenvalue weighted by atomic mass is 10.1. The Morgan fingerprint density at radius 2 is 1.76 bits per heavy atom. The van der Waals surface area contributed by atoms with Gasteiger partial charge in [-0.05, 0) is 36.8 Å². The van der Waals surface area contributed by atoms with E-state index in [1.54, 1.807) is 47.2 Å². The maximum atomic E-state index is 13.6. The van der Waals surface area contributed by atoms with Crippen LogP contribution in [0.15, 0.2) is 47.4 Å². The number of nitrogens with zero attached hydrogens (tertiary/aromatic N) is 2. The van der Waals surface area contributed by atoms with Crippen LogP contribution in [-0.2, 0) is 4.79 Å². The van der Waals surface area contributed by atoms with Gasteiger partial charge < -0.3 is 14.5 Å². The van der Waals surface area contributed by atoms with Crippen LogP contribution >= 0.6 is 11.8 Å². The fourth-order valence-electron chi connectivity index (χ4n) is 3.26. The molecule has 0 saturated carbocycles. The van der Waals surface area contributed by atoms with Crippen LogP contribution in [0.5, 0.6) is 5.75 Å². The number of amides is 2. The van der Waals surface area contributed by atoms with Gasteiger partial charge in [-0.2, -0.15) is 0 Å². The second kappa shape index (κ2) is 9.78. The molecule has 29 heavy (non-hydrogen) atoms. The Bertz CT molecular complexity index is 882. The maximum absolute atomic E-state index is 13.6. The van der Waals surface area contributed by atoms with Crippen LogP contribution in [0.4, 0.5) is 4.39 Å². The average molecular weight is 417 g/mol. The highest BCUT2D eigenvalue weighted by Crippen LogP contribution is 2.23. The first kappa shape index (κ1) is 21.2. The van der Waals surface area contributed by atoms with E-state index in [1.807, 2.05) is 13.0 Å².